The number of carbonyl (C=O) groups is 1. The molecular weight excluding hydrogens is 262 g/mol. The van der Waals surface area contributed by atoms with Crippen LogP contribution in [-0.2, 0) is 4.79 Å². The fourth-order valence-electron chi connectivity index (χ4n) is 1.41. The van der Waals surface area contributed by atoms with Gasteiger partial charge in [-0.25, -0.2) is 9.97 Å². The minimum atomic E-state index is -0.333. The van der Waals surface area contributed by atoms with Gasteiger partial charge in [0.05, 0.1) is 0 Å². The summed E-state index contributed by atoms with van der Waals surface area (Å²) in [6.07, 6.45) is 2.84. The van der Waals surface area contributed by atoms with Crippen molar-refractivity contribution < 1.29 is 4.79 Å². The minimum Gasteiger partial charge on any atom is -0.373 e. The molecule has 0 aliphatic rings. The van der Waals surface area contributed by atoms with Crippen molar-refractivity contribution >= 4 is 29.3 Å². The van der Waals surface area contributed by atoms with Crippen LogP contribution in [0.25, 0.3) is 0 Å². The second kappa shape index (κ2) is 7.83. The molecule has 1 rings (SSSR count). The minimum absolute atomic E-state index is 0.0304. The van der Waals surface area contributed by atoms with Crippen molar-refractivity contribution in [1.29, 1.82) is 0 Å². The van der Waals surface area contributed by atoms with Gasteiger partial charge >= 0.3 is 0 Å². The maximum Gasteiger partial charge on any atom is 0.242 e. The molecule has 0 radical (unpaired) electrons. The van der Waals surface area contributed by atoms with Crippen LogP contribution < -0.4 is 16.0 Å². The zero-order chi connectivity index (χ0) is 14.3. The van der Waals surface area contributed by atoms with E-state index in [2.05, 4.69) is 25.9 Å². The van der Waals surface area contributed by atoms with Crippen molar-refractivity contribution in [3.63, 3.8) is 0 Å². The molecular formula is C12H21N5OS. The van der Waals surface area contributed by atoms with Crippen molar-refractivity contribution in [2.45, 2.75) is 31.5 Å². The predicted molar refractivity (Wildman–Crippen MR) is 79.7 cm³/mol. The highest BCUT2D eigenvalue weighted by Crippen LogP contribution is 2.17. The summed E-state index contributed by atoms with van der Waals surface area (Å²) in [5.41, 5.74) is 0. The molecule has 0 bridgehead atoms. The largest absolute Gasteiger partial charge is 0.373 e. The number of rotatable bonds is 7. The van der Waals surface area contributed by atoms with E-state index in [4.69, 9.17) is 0 Å². The molecule has 7 heteroatoms. The van der Waals surface area contributed by atoms with E-state index in [1.165, 1.54) is 11.8 Å². The highest BCUT2D eigenvalue weighted by molar-refractivity contribution is 7.98. The first-order valence-corrected chi connectivity index (χ1v) is 7.48. The lowest BCUT2D eigenvalue weighted by Gasteiger charge is -2.15. The summed E-state index contributed by atoms with van der Waals surface area (Å²) in [5.74, 6) is 1.34. The number of amides is 1. The van der Waals surface area contributed by atoms with E-state index >= 15 is 0 Å². The number of hydrogen-bond donors (Lipinski definition) is 3. The number of aromatic nitrogens is 2. The van der Waals surface area contributed by atoms with Crippen LogP contribution in [-0.4, -0.2) is 41.8 Å². The molecule has 0 aliphatic carbocycles. The van der Waals surface area contributed by atoms with E-state index in [1.54, 1.807) is 13.1 Å². The van der Waals surface area contributed by atoms with E-state index in [-0.39, 0.29) is 11.9 Å². The molecule has 0 aliphatic heterocycles. The van der Waals surface area contributed by atoms with Gasteiger partial charge < -0.3 is 16.0 Å². The van der Waals surface area contributed by atoms with Crippen molar-refractivity contribution in [1.82, 2.24) is 15.3 Å². The number of carbonyl (C=O) groups excluding carboxylic acids is 1. The fraction of sp³-hybridized carbons (Fsp3) is 0.583. The van der Waals surface area contributed by atoms with Crippen molar-refractivity contribution in [2.75, 3.05) is 30.5 Å². The molecule has 106 valence electrons. The number of hydrogen-bond acceptors (Lipinski definition) is 6. The SMILES string of the molecule is CCCNC(=O)C(C)Nc1cc(NC)nc(SC)n1. The van der Waals surface area contributed by atoms with Crippen LogP contribution in [0.5, 0.6) is 0 Å². The monoisotopic (exact) mass is 283 g/mol. The molecule has 1 amide bonds. The molecule has 1 aromatic rings. The van der Waals surface area contributed by atoms with Crippen LogP contribution in [0.15, 0.2) is 11.2 Å². The molecule has 1 heterocycles. The molecule has 0 saturated carbocycles. The van der Waals surface area contributed by atoms with Crippen LogP contribution in [0.1, 0.15) is 20.3 Å². The van der Waals surface area contributed by atoms with Gasteiger partial charge in [-0.3, -0.25) is 4.79 Å². The molecule has 3 N–H and O–H groups in total. The molecule has 1 aromatic heterocycles. The smallest absolute Gasteiger partial charge is 0.242 e. The number of thioether (sulfide) groups is 1. The summed E-state index contributed by atoms with van der Waals surface area (Å²) in [6.45, 7) is 4.52. The van der Waals surface area contributed by atoms with Crippen molar-refractivity contribution in [3.8, 4) is 0 Å². The standard InChI is InChI=1S/C12H21N5OS/c1-5-6-14-11(18)8(2)15-10-7-9(13-3)16-12(17-10)19-4/h7-8H,5-6H2,1-4H3,(H,14,18)(H2,13,15,16,17). The van der Waals surface area contributed by atoms with Gasteiger partial charge in [-0.1, -0.05) is 18.7 Å². The number of nitrogens with one attached hydrogen (secondary N) is 3. The molecule has 1 atom stereocenters. The van der Waals surface area contributed by atoms with Crippen LogP contribution in [0, 0.1) is 0 Å². The lowest BCUT2D eigenvalue weighted by Crippen LogP contribution is -2.38. The number of nitrogens with zero attached hydrogens (tertiary/aromatic N) is 2. The summed E-state index contributed by atoms with van der Waals surface area (Å²) in [5, 5.41) is 9.56. The third-order valence-corrected chi connectivity index (χ3v) is 3.00. The van der Waals surface area contributed by atoms with Crippen molar-refractivity contribution in [2.24, 2.45) is 0 Å². The summed E-state index contributed by atoms with van der Waals surface area (Å²) < 4.78 is 0. The fourth-order valence-corrected chi connectivity index (χ4v) is 1.79. The normalized spacial score (nSPS) is 11.8. The summed E-state index contributed by atoms with van der Waals surface area (Å²) >= 11 is 1.46. The Labute approximate surface area is 118 Å². The van der Waals surface area contributed by atoms with Gasteiger partial charge in [0.1, 0.15) is 17.7 Å². The van der Waals surface area contributed by atoms with E-state index in [9.17, 15) is 4.79 Å². The maximum absolute atomic E-state index is 11.8. The lowest BCUT2D eigenvalue weighted by molar-refractivity contribution is -0.121. The molecule has 1 unspecified atom stereocenters. The Bertz CT molecular complexity index is 404. The average molecular weight is 283 g/mol. The van der Waals surface area contributed by atoms with E-state index in [0.29, 0.717) is 17.5 Å². The third kappa shape index (κ3) is 4.94. The van der Waals surface area contributed by atoms with E-state index in [1.807, 2.05) is 20.1 Å². The van der Waals surface area contributed by atoms with Gasteiger partial charge in [-0.15, -0.1) is 0 Å². The first kappa shape index (κ1) is 15.6. The summed E-state index contributed by atoms with van der Waals surface area (Å²) in [6, 6.07) is 1.45. The molecule has 6 nitrogen and oxygen atoms in total. The average Bonchev–Trinajstić information content (AvgIpc) is 2.43. The molecule has 19 heavy (non-hydrogen) atoms. The first-order valence-electron chi connectivity index (χ1n) is 6.25. The topological polar surface area (TPSA) is 78.9 Å². The van der Waals surface area contributed by atoms with Gasteiger partial charge in [0.25, 0.3) is 0 Å². The van der Waals surface area contributed by atoms with E-state index in [0.717, 1.165) is 12.2 Å². The zero-order valence-corrected chi connectivity index (χ0v) is 12.6. The van der Waals surface area contributed by atoms with Crippen LogP contribution >= 0.6 is 11.8 Å². The third-order valence-electron chi connectivity index (χ3n) is 2.45. The summed E-state index contributed by atoms with van der Waals surface area (Å²) in [4.78, 5) is 20.4. The van der Waals surface area contributed by atoms with Crippen LogP contribution in [0.3, 0.4) is 0 Å². The number of anilines is 2. The zero-order valence-electron chi connectivity index (χ0n) is 11.8. The van der Waals surface area contributed by atoms with Gasteiger partial charge in [0.2, 0.25) is 5.91 Å². The van der Waals surface area contributed by atoms with Gasteiger partial charge in [-0.05, 0) is 19.6 Å². The Morgan fingerprint density at radius 1 is 1.42 bits per heavy atom. The highest BCUT2D eigenvalue weighted by Gasteiger charge is 2.13. The Kier molecular flexibility index (Phi) is 6.41. The van der Waals surface area contributed by atoms with Gasteiger partial charge in [0.15, 0.2) is 5.16 Å². The molecule has 0 fully saturated rings. The quantitative estimate of drug-likeness (QED) is 0.521. The molecule has 0 aromatic carbocycles. The predicted octanol–water partition coefficient (Wildman–Crippen LogP) is 1.57. The van der Waals surface area contributed by atoms with Gasteiger partial charge in [0, 0.05) is 19.7 Å². The first-order chi connectivity index (χ1) is 9.10. The van der Waals surface area contributed by atoms with E-state index < -0.39 is 0 Å². The van der Waals surface area contributed by atoms with Crippen LogP contribution in [0.4, 0.5) is 11.6 Å². The lowest BCUT2D eigenvalue weighted by atomic mass is 10.3. The second-order valence-corrected chi connectivity index (χ2v) is 4.81. The van der Waals surface area contributed by atoms with Crippen LogP contribution in [0.2, 0.25) is 0 Å². The Hall–Kier alpha value is -1.50. The van der Waals surface area contributed by atoms with Gasteiger partial charge in [-0.2, -0.15) is 0 Å². The Morgan fingerprint density at radius 3 is 2.68 bits per heavy atom. The second-order valence-electron chi connectivity index (χ2n) is 4.03. The van der Waals surface area contributed by atoms with Crippen molar-refractivity contribution in [3.05, 3.63) is 6.07 Å². The summed E-state index contributed by atoms with van der Waals surface area (Å²) in [7, 11) is 1.80. The Balaban J connectivity index is 2.72. The molecule has 0 spiro atoms. The Morgan fingerprint density at radius 2 is 2.11 bits per heavy atom. The highest BCUT2D eigenvalue weighted by atomic mass is 32.2. The maximum atomic E-state index is 11.8. The molecule has 0 saturated heterocycles.